The molecule has 2 rings (SSSR count). The van der Waals surface area contributed by atoms with Gasteiger partial charge in [0.05, 0.1) is 12.8 Å². The van der Waals surface area contributed by atoms with E-state index in [4.69, 9.17) is 8.85 Å². The fourth-order valence-corrected chi connectivity index (χ4v) is 12.8. The predicted octanol–water partition coefficient (Wildman–Crippen LogP) is 9.33. The maximum absolute atomic E-state index is 14.1. The summed E-state index contributed by atoms with van der Waals surface area (Å²) < 4.78 is 13.6. The molecule has 20 heteroatoms. The van der Waals surface area contributed by atoms with Gasteiger partial charge >= 0.3 is 0 Å². The van der Waals surface area contributed by atoms with E-state index in [2.05, 4.69) is 89.0 Å². The normalized spacial score (nSPS) is 13.2. The van der Waals surface area contributed by atoms with Crippen LogP contribution in [-0.2, 0) is 60.0 Å². The number of hydrogen-bond donors (Lipinski definition) is 4. The summed E-state index contributed by atoms with van der Waals surface area (Å²) in [6, 6.07) is 20.0. The lowest BCUT2D eigenvalue weighted by Gasteiger charge is -2.44. The number of rotatable bonds is 37. The molecule has 0 unspecified atom stereocenters. The zero-order valence-corrected chi connectivity index (χ0v) is 55.1. The molecule has 2 atom stereocenters. The van der Waals surface area contributed by atoms with Crippen LogP contribution in [0, 0.1) is 10.8 Å². The van der Waals surface area contributed by atoms with Crippen LogP contribution in [-0.4, -0.2) is 150 Å². The second kappa shape index (κ2) is 33.7. The molecule has 80 heavy (non-hydrogen) atoms. The van der Waals surface area contributed by atoms with Crippen LogP contribution in [0.3, 0.4) is 0 Å². The maximum atomic E-state index is 14.1. The molecule has 0 spiro atoms. The number of benzene rings is 2. The molecular formula is C60H100N6O10S2Si2. The van der Waals surface area contributed by atoms with Gasteiger partial charge in [0, 0.05) is 87.5 Å². The largest absolute Gasteiger partial charge is 0.404 e. The van der Waals surface area contributed by atoms with Crippen LogP contribution in [0.1, 0.15) is 133 Å². The number of carbonyl (C=O) groups is 8. The van der Waals surface area contributed by atoms with Gasteiger partial charge in [0.25, 0.3) is 0 Å². The van der Waals surface area contributed by atoms with Gasteiger partial charge in [0.1, 0.15) is 23.8 Å². The van der Waals surface area contributed by atoms with E-state index in [1.165, 1.54) is 13.8 Å². The smallest absolute Gasteiger partial charge is 0.248 e. The zero-order valence-electron chi connectivity index (χ0n) is 51.4. The average Bonchev–Trinajstić information content (AvgIpc) is 3.34. The molecule has 0 bridgehead atoms. The highest BCUT2D eigenvalue weighted by Gasteiger charge is 2.48. The van der Waals surface area contributed by atoms with Crippen molar-refractivity contribution in [2.75, 3.05) is 63.9 Å². The Morgan fingerprint density at radius 3 is 1.12 bits per heavy atom. The molecule has 2 aromatic rings. The van der Waals surface area contributed by atoms with Gasteiger partial charge in [-0.1, -0.05) is 151 Å². The molecule has 0 heterocycles. The minimum absolute atomic E-state index is 0.0610. The van der Waals surface area contributed by atoms with Crippen molar-refractivity contribution in [3.05, 3.63) is 71.8 Å². The Morgan fingerprint density at radius 1 is 0.500 bits per heavy atom. The summed E-state index contributed by atoms with van der Waals surface area (Å²) in [4.78, 5) is 108. The van der Waals surface area contributed by atoms with Crippen LogP contribution in [0.2, 0.25) is 36.3 Å². The Kier molecular flexibility index (Phi) is 30.2. The van der Waals surface area contributed by atoms with Crippen LogP contribution in [0.4, 0.5) is 0 Å². The fourth-order valence-electron chi connectivity index (χ4n) is 8.24. The van der Waals surface area contributed by atoms with E-state index >= 15 is 0 Å². The van der Waals surface area contributed by atoms with E-state index < -0.39 is 39.7 Å². The van der Waals surface area contributed by atoms with E-state index in [9.17, 15) is 38.4 Å². The number of carbonyl (C=O) groups excluding carboxylic acids is 8. The summed E-state index contributed by atoms with van der Waals surface area (Å²) in [7, 11) is -1.91. The lowest BCUT2D eigenvalue weighted by atomic mass is 9.85. The van der Waals surface area contributed by atoms with E-state index in [-0.39, 0.29) is 109 Å². The fraction of sp³-hybridized carbons (Fsp3) is 0.667. The van der Waals surface area contributed by atoms with Crippen molar-refractivity contribution in [3.63, 3.8) is 0 Å². The van der Waals surface area contributed by atoms with E-state index in [1.54, 1.807) is 31.4 Å². The summed E-state index contributed by atoms with van der Waals surface area (Å²) in [5.41, 5.74) is 0.598. The van der Waals surface area contributed by atoms with Crippen molar-refractivity contribution in [1.29, 1.82) is 0 Å². The third-order valence-electron chi connectivity index (χ3n) is 14.9. The first-order valence-corrected chi connectivity index (χ1v) is 36.7. The summed E-state index contributed by atoms with van der Waals surface area (Å²) in [6.45, 7) is 33.6. The Hall–Kier alpha value is -4.35. The highest BCUT2D eigenvalue weighted by molar-refractivity contribution is 8.76. The van der Waals surface area contributed by atoms with Gasteiger partial charge in [-0.2, -0.15) is 0 Å². The molecule has 6 amide bonds. The standard InChI is InChI=1S/C60H100N6O10S2Si2/c1-45(67)41-51(71)65(37-23-29-47-25-19-17-20-26-47)43-59(9,10)53(75-79(13,14)57(3,4)5)55(73)63-33-31-49(69)61-35-39-77-78-40-36-62-50(70)32-34-64-56(74)54(76-80(15,16)58(6,7)8)60(11,12)44-66(52(72)42-46(2)68)38-24-30-48-27-21-18-22-28-48/h17-22,25-28,53-54H,23-24,29-44H2,1-16H3,(H,61,69)(H,62,70)(H,63,73)(H,64,74)/t53-,54-/m0/s1. The van der Waals surface area contributed by atoms with Gasteiger partial charge in [-0.15, -0.1) is 0 Å². The Morgan fingerprint density at radius 2 is 0.825 bits per heavy atom. The molecule has 0 fully saturated rings. The molecule has 0 saturated heterocycles. The molecule has 0 aliphatic heterocycles. The second-order valence-electron chi connectivity index (χ2n) is 25.5. The summed E-state index contributed by atoms with van der Waals surface area (Å²) in [6.07, 6.45) is 0.703. The minimum Gasteiger partial charge on any atom is -0.404 e. The van der Waals surface area contributed by atoms with Crippen molar-refractivity contribution in [2.45, 2.75) is 183 Å². The van der Waals surface area contributed by atoms with Crippen molar-refractivity contribution < 1.29 is 47.2 Å². The Balaban J connectivity index is 1.90. The van der Waals surface area contributed by atoms with Crippen molar-refractivity contribution >= 4 is 85.2 Å². The highest BCUT2D eigenvalue weighted by Crippen LogP contribution is 2.41. The van der Waals surface area contributed by atoms with Gasteiger partial charge < -0.3 is 39.9 Å². The highest BCUT2D eigenvalue weighted by atomic mass is 33.1. The molecule has 0 aromatic heterocycles. The number of nitrogens with zero attached hydrogens (tertiary/aromatic N) is 2. The molecule has 0 aliphatic carbocycles. The van der Waals surface area contributed by atoms with Crippen LogP contribution < -0.4 is 21.3 Å². The molecule has 0 radical (unpaired) electrons. The molecule has 4 N–H and O–H groups in total. The van der Waals surface area contributed by atoms with E-state index in [0.717, 1.165) is 24.0 Å². The van der Waals surface area contributed by atoms with Gasteiger partial charge in [0.15, 0.2) is 16.6 Å². The minimum atomic E-state index is -2.52. The second-order valence-corrected chi connectivity index (χ2v) is 37.7. The molecular weight excluding hydrogens is 1080 g/mol. The number of amides is 6. The van der Waals surface area contributed by atoms with Crippen LogP contribution in [0.25, 0.3) is 0 Å². The number of nitrogens with one attached hydrogen (secondary N) is 4. The number of ketones is 2. The Labute approximate surface area is 490 Å². The average molecular weight is 1190 g/mol. The number of hydrogen-bond acceptors (Lipinski definition) is 12. The quantitative estimate of drug-likeness (QED) is 0.0216. The van der Waals surface area contributed by atoms with Crippen LogP contribution in [0.15, 0.2) is 60.7 Å². The Bertz CT molecular complexity index is 2150. The van der Waals surface area contributed by atoms with Gasteiger partial charge in [0.2, 0.25) is 35.4 Å². The van der Waals surface area contributed by atoms with Gasteiger partial charge in [-0.3, -0.25) is 38.4 Å². The molecule has 0 saturated carbocycles. The van der Waals surface area contributed by atoms with Crippen molar-refractivity contribution in [3.8, 4) is 0 Å². The van der Waals surface area contributed by atoms with Crippen LogP contribution in [0.5, 0.6) is 0 Å². The third-order valence-corrected chi connectivity index (χ3v) is 26.2. The summed E-state index contributed by atoms with van der Waals surface area (Å²) in [5, 5.41) is 11.3. The monoisotopic (exact) mass is 1180 g/mol. The third kappa shape index (κ3) is 26.7. The lowest BCUT2D eigenvalue weighted by molar-refractivity contribution is -0.142. The molecule has 2 aromatic carbocycles. The van der Waals surface area contributed by atoms with E-state index in [0.29, 0.717) is 50.5 Å². The lowest BCUT2D eigenvalue weighted by Crippen LogP contribution is -2.57. The first-order chi connectivity index (χ1) is 37.1. The summed E-state index contributed by atoms with van der Waals surface area (Å²) >= 11 is 0. The van der Waals surface area contributed by atoms with Gasteiger partial charge in [-0.25, -0.2) is 0 Å². The first-order valence-electron chi connectivity index (χ1n) is 28.4. The zero-order chi connectivity index (χ0) is 60.5. The van der Waals surface area contributed by atoms with Gasteiger partial charge in [-0.05, 0) is 86.9 Å². The first kappa shape index (κ1) is 71.8. The molecule has 0 aliphatic rings. The number of aryl methyl sites for hydroxylation is 2. The van der Waals surface area contributed by atoms with Crippen molar-refractivity contribution in [2.24, 2.45) is 10.8 Å². The topological polar surface area (TPSA) is 210 Å². The SMILES string of the molecule is CC(=O)CC(=O)N(CCCc1ccccc1)CC(C)(C)[C@@H](O[Si](C)(C)C(C)(C)C)C(=O)NCCC(=O)NCCSSCCNC(=O)CCNC(=O)[C@H](O[Si](C)(C)C(C)(C)C)C(C)(C)CN(CCCc1ccccc1)C(=O)CC(C)=O. The predicted molar refractivity (Wildman–Crippen MR) is 331 cm³/mol. The molecule has 450 valence electrons. The van der Waals surface area contributed by atoms with E-state index in [1.807, 2.05) is 88.4 Å². The summed E-state index contributed by atoms with van der Waals surface area (Å²) in [5.74, 6) is -0.920. The van der Waals surface area contributed by atoms with Crippen LogP contribution >= 0.6 is 21.6 Å². The van der Waals surface area contributed by atoms with Crippen molar-refractivity contribution in [1.82, 2.24) is 31.1 Å². The molecule has 16 nitrogen and oxygen atoms in total. The number of Topliss-reactive ketones (excluding diaryl/α,β-unsaturated/α-hetero) is 2. The maximum Gasteiger partial charge on any atom is 0.248 e.